The number of rotatable bonds is 8. The molecule has 28 heavy (non-hydrogen) atoms. The Balaban J connectivity index is 1.88. The number of carbonyl (C=O) groups is 3. The first kappa shape index (κ1) is 20.4. The van der Waals surface area contributed by atoms with Crippen LogP contribution in [0.1, 0.15) is 26.3 Å². The lowest BCUT2D eigenvalue weighted by atomic mass is 10.1. The van der Waals surface area contributed by atoms with Gasteiger partial charge >= 0.3 is 11.7 Å². The zero-order valence-electron chi connectivity index (χ0n) is 14.8. The summed E-state index contributed by atoms with van der Waals surface area (Å²) in [7, 11) is 1.28. The van der Waals surface area contributed by atoms with Crippen LogP contribution in [0.5, 0.6) is 5.75 Å². The van der Waals surface area contributed by atoms with Crippen LogP contribution in [0.4, 0.5) is 5.69 Å². The maximum atomic E-state index is 12.1. The molecule has 146 valence electrons. The topological polar surface area (TPSA) is 148 Å². The second-order valence-electron chi connectivity index (χ2n) is 5.61. The molecule has 10 heteroatoms. The average Bonchev–Trinajstić information content (AvgIpc) is 2.70. The van der Waals surface area contributed by atoms with Crippen LogP contribution in [0.15, 0.2) is 42.5 Å². The molecule has 0 bridgehead atoms. The van der Waals surface area contributed by atoms with E-state index in [0.717, 1.165) is 6.07 Å². The predicted octanol–water partition coefficient (Wildman–Crippen LogP) is 1.35. The fourth-order valence-electron chi connectivity index (χ4n) is 2.26. The van der Waals surface area contributed by atoms with Crippen molar-refractivity contribution in [1.82, 2.24) is 10.6 Å². The minimum absolute atomic E-state index is 0.0181. The van der Waals surface area contributed by atoms with Crippen LogP contribution in [-0.2, 0) is 11.3 Å². The molecule has 0 heterocycles. The third-order valence-corrected chi connectivity index (χ3v) is 3.74. The summed E-state index contributed by atoms with van der Waals surface area (Å²) in [4.78, 5) is 45.1. The van der Waals surface area contributed by atoms with Gasteiger partial charge in [-0.25, -0.2) is 4.79 Å². The van der Waals surface area contributed by atoms with E-state index in [1.807, 2.05) is 0 Å². The highest BCUT2D eigenvalue weighted by Gasteiger charge is 2.18. The SMILES string of the molecule is COc1ccc(C(=O)NCC(=O)NCc2ccc(C(=O)O)cc2)cc1[N+](=O)[O-]. The Bertz CT molecular complexity index is 910. The normalized spacial score (nSPS) is 10.0. The number of methoxy groups -OCH3 is 1. The van der Waals surface area contributed by atoms with Crippen molar-refractivity contribution in [2.45, 2.75) is 6.54 Å². The molecule has 0 aliphatic rings. The van der Waals surface area contributed by atoms with E-state index in [-0.39, 0.29) is 35.7 Å². The van der Waals surface area contributed by atoms with Crippen LogP contribution in [0.2, 0.25) is 0 Å². The van der Waals surface area contributed by atoms with Gasteiger partial charge in [-0.2, -0.15) is 0 Å². The number of carbonyl (C=O) groups excluding carboxylic acids is 2. The van der Waals surface area contributed by atoms with Gasteiger partial charge in [-0.05, 0) is 29.8 Å². The molecule has 0 spiro atoms. The third kappa shape index (κ3) is 5.27. The molecule has 2 aromatic carbocycles. The van der Waals surface area contributed by atoms with Gasteiger partial charge in [0.2, 0.25) is 5.91 Å². The van der Waals surface area contributed by atoms with Crippen molar-refractivity contribution in [3.05, 3.63) is 69.3 Å². The fraction of sp³-hybridized carbons (Fsp3) is 0.167. The van der Waals surface area contributed by atoms with Gasteiger partial charge < -0.3 is 20.5 Å². The smallest absolute Gasteiger partial charge is 0.335 e. The molecular weight excluding hydrogens is 370 g/mol. The lowest BCUT2D eigenvalue weighted by Gasteiger charge is -2.08. The van der Waals surface area contributed by atoms with Gasteiger partial charge in [-0.1, -0.05) is 12.1 Å². The summed E-state index contributed by atoms with van der Waals surface area (Å²) >= 11 is 0. The zero-order chi connectivity index (χ0) is 20.7. The van der Waals surface area contributed by atoms with Crippen LogP contribution in [0.25, 0.3) is 0 Å². The first-order valence-corrected chi connectivity index (χ1v) is 8.01. The van der Waals surface area contributed by atoms with Gasteiger partial charge in [0.1, 0.15) is 0 Å². The molecule has 2 rings (SSSR count). The van der Waals surface area contributed by atoms with Crippen molar-refractivity contribution >= 4 is 23.5 Å². The van der Waals surface area contributed by atoms with Gasteiger partial charge in [-0.15, -0.1) is 0 Å². The molecule has 0 saturated carbocycles. The summed E-state index contributed by atoms with van der Waals surface area (Å²) in [6.07, 6.45) is 0. The van der Waals surface area contributed by atoms with Crippen molar-refractivity contribution in [2.75, 3.05) is 13.7 Å². The highest BCUT2D eigenvalue weighted by atomic mass is 16.6. The van der Waals surface area contributed by atoms with Gasteiger partial charge in [0.15, 0.2) is 5.75 Å². The zero-order valence-corrected chi connectivity index (χ0v) is 14.8. The Labute approximate surface area is 159 Å². The maximum absolute atomic E-state index is 12.1. The lowest BCUT2D eigenvalue weighted by Crippen LogP contribution is -2.36. The molecule has 3 N–H and O–H groups in total. The van der Waals surface area contributed by atoms with Crippen LogP contribution in [0.3, 0.4) is 0 Å². The Morgan fingerprint density at radius 1 is 1.07 bits per heavy atom. The molecule has 0 saturated heterocycles. The predicted molar refractivity (Wildman–Crippen MR) is 97.2 cm³/mol. The Morgan fingerprint density at radius 3 is 2.29 bits per heavy atom. The number of nitrogens with one attached hydrogen (secondary N) is 2. The molecule has 2 amide bonds. The molecule has 0 radical (unpaired) electrons. The minimum atomic E-state index is -1.04. The fourth-order valence-corrected chi connectivity index (χ4v) is 2.26. The van der Waals surface area contributed by atoms with Crippen LogP contribution in [-0.4, -0.2) is 41.5 Å². The van der Waals surface area contributed by atoms with Crippen LogP contribution < -0.4 is 15.4 Å². The van der Waals surface area contributed by atoms with Crippen molar-refractivity contribution in [2.24, 2.45) is 0 Å². The van der Waals surface area contributed by atoms with Gasteiger partial charge in [0.05, 0.1) is 24.1 Å². The number of nitro benzene ring substituents is 1. The van der Waals surface area contributed by atoms with Gasteiger partial charge in [0.25, 0.3) is 5.91 Å². The largest absolute Gasteiger partial charge is 0.490 e. The van der Waals surface area contributed by atoms with E-state index < -0.39 is 22.7 Å². The Kier molecular flexibility index (Phi) is 6.63. The first-order valence-electron chi connectivity index (χ1n) is 8.01. The number of nitrogens with zero attached hydrogens (tertiary/aromatic N) is 1. The van der Waals surface area contributed by atoms with Crippen LogP contribution >= 0.6 is 0 Å². The number of amides is 2. The number of hydrogen-bond acceptors (Lipinski definition) is 6. The first-order chi connectivity index (χ1) is 13.3. The van der Waals surface area contributed by atoms with E-state index in [9.17, 15) is 24.5 Å². The average molecular weight is 387 g/mol. The second-order valence-corrected chi connectivity index (χ2v) is 5.61. The summed E-state index contributed by atoms with van der Waals surface area (Å²) < 4.78 is 4.86. The van der Waals surface area contributed by atoms with Crippen LogP contribution in [0, 0.1) is 10.1 Å². The van der Waals surface area contributed by atoms with E-state index in [2.05, 4.69) is 10.6 Å². The standard InChI is InChI=1S/C18H17N3O7/c1-28-15-7-6-13(8-14(15)21(26)27)17(23)20-10-16(22)19-9-11-2-4-12(5-3-11)18(24)25/h2-8H,9-10H2,1H3,(H,19,22)(H,20,23)(H,24,25). The number of nitro groups is 1. The molecule has 0 aliphatic carbocycles. The molecule has 0 unspecified atom stereocenters. The van der Waals surface area contributed by atoms with Gasteiger partial charge in [0, 0.05) is 18.2 Å². The highest BCUT2D eigenvalue weighted by molar-refractivity contribution is 5.97. The van der Waals surface area contributed by atoms with E-state index >= 15 is 0 Å². The van der Waals surface area contributed by atoms with E-state index in [1.54, 1.807) is 12.1 Å². The highest BCUT2D eigenvalue weighted by Crippen LogP contribution is 2.27. The Morgan fingerprint density at radius 2 is 1.71 bits per heavy atom. The molecule has 0 atom stereocenters. The van der Waals surface area contributed by atoms with Crippen molar-refractivity contribution in [1.29, 1.82) is 0 Å². The lowest BCUT2D eigenvalue weighted by molar-refractivity contribution is -0.385. The summed E-state index contributed by atoms with van der Waals surface area (Å²) in [5.74, 6) is -2.14. The van der Waals surface area contributed by atoms with E-state index in [0.29, 0.717) is 5.56 Å². The Hall–Kier alpha value is -3.95. The minimum Gasteiger partial charge on any atom is -0.490 e. The molecule has 0 aliphatic heterocycles. The summed E-state index contributed by atoms with van der Waals surface area (Å²) in [6, 6.07) is 9.69. The number of carboxylic acid groups (broad SMARTS) is 1. The number of hydrogen-bond donors (Lipinski definition) is 3. The van der Waals surface area contributed by atoms with Crippen molar-refractivity contribution in [3.8, 4) is 5.75 Å². The quantitative estimate of drug-likeness (QED) is 0.457. The molecular formula is C18H17N3O7. The van der Waals surface area contributed by atoms with Crippen molar-refractivity contribution < 1.29 is 29.2 Å². The number of aromatic carboxylic acids is 1. The number of carboxylic acids is 1. The molecule has 0 fully saturated rings. The third-order valence-electron chi connectivity index (χ3n) is 3.74. The maximum Gasteiger partial charge on any atom is 0.335 e. The monoisotopic (exact) mass is 387 g/mol. The van der Waals surface area contributed by atoms with Gasteiger partial charge in [-0.3, -0.25) is 19.7 Å². The summed E-state index contributed by atoms with van der Waals surface area (Å²) in [6.45, 7) is -0.172. The molecule has 0 aromatic heterocycles. The summed E-state index contributed by atoms with van der Waals surface area (Å²) in [5, 5.41) is 24.8. The van der Waals surface area contributed by atoms with Crippen molar-refractivity contribution in [3.63, 3.8) is 0 Å². The van der Waals surface area contributed by atoms with E-state index in [1.165, 1.54) is 31.4 Å². The molecule has 10 nitrogen and oxygen atoms in total. The number of benzene rings is 2. The number of ether oxygens (including phenoxy) is 1. The molecule has 2 aromatic rings. The van der Waals surface area contributed by atoms with E-state index in [4.69, 9.17) is 9.84 Å². The second kappa shape index (κ2) is 9.12. The summed E-state index contributed by atoms with van der Waals surface area (Å²) in [5.41, 5.74) is 0.486.